The average molecular weight is 260 g/mol. The zero-order valence-electron chi connectivity index (χ0n) is 11.6. The molecule has 1 amide bonds. The molecule has 4 nitrogen and oxygen atoms in total. The number of nitrogens with one attached hydrogen (secondary N) is 1. The molecule has 0 aliphatic rings. The number of para-hydroxylation sites is 1. The molecular weight excluding hydrogens is 240 g/mol. The Kier molecular flexibility index (Phi) is 6.04. The van der Waals surface area contributed by atoms with Crippen LogP contribution in [0.1, 0.15) is 19.4 Å². The second-order valence-corrected chi connectivity index (χ2v) is 4.74. The van der Waals surface area contributed by atoms with E-state index < -0.39 is 5.92 Å². The molecule has 0 radical (unpaired) electrons. The summed E-state index contributed by atoms with van der Waals surface area (Å²) in [6, 6.07) is 9.63. The van der Waals surface area contributed by atoms with Crippen molar-refractivity contribution in [1.82, 2.24) is 0 Å². The van der Waals surface area contributed by atoms with Crippen LogP contribution in [0.25, 0.3) is 0 Å². The summed E-state index contributed by atoms with van der Waals surface area (Å²) in [5, 5.41) is 11.9. The van der Waals surface area contributed by atoms with Crippen LogP contribution in [-0.4, -0.2) is 19.6 Å². The van der Waals surface area contributed by atoms with E-state index in [1.807, 2.05) is 44.2 Å². The summed E-state index contributed by atoms with van der Waals surface area (Å²) >= 11 is 0. The maximum absolute atomic E-state index is 12.0. The molecule has 0 fully saturated rings. The van der Waals surface area contributed by atoms with Gasteiger partial charge in [-0.05, 0) is 24.0 Å². The van der Waals surface area contributed by atoms with Crippen LogP contribution >= 0.6 is 0 Å². The van der Waals surface area contributed by atoms with Gasteiger partial charge in [0, 0.05) is 12.8 Å². The molecule has 0 saturated carbocycles. The molecule has 1 N–H and O–H groups in total. The summed E-state index contributed by atoms with van der Waals surface area (Å²) in [5.41, 5.74) is 1.77. The summed E-state index contributed by atoms with van der Waals surface area (Å²) in [7, 11) is 1.64. The monoisotopic (exact) mass is 260 g/mol. The van der Waals surface area contributed by atoms with Crippen LogP contribution in [0.15, 0.2) is 24.3 Å². The lowest BCUT2D eigenvalue weighted by atomic mass is 9.96. The Morgan fingerprint density at radius 3 is 2.68 bits per heavy atom. The number of rotatable bonds is 6. The average Bonchev–Trinajstić information content (AvgIpc) is 2.38. The number of hydrogen-bond donors (Lipinski definition) is 1. The normalized spacial score (nSPS) is 11.9. The van der Waals surface area contributed by atoms with Gasteiger partial charge in [0.1, 0.15) is 5.92 Å². The molecule has 0 aromatic heterocycles. The summed E-state index contributed by atoms with van der Waals surface area (Å²) in [6.45, 7) is 4.33. The summed E-state index contributed by atoms with van der Waals surface area (Å²) < 4.78 is 5.05. The van der Waals surface area contributed by atoms with Crippen molar-refractivity contribution in [2.24, 2.45) is 11.8 Å². The molecular formula is C15H20N2O2. The number of methoxy groups -OCH3 is 1. The first kappa shape index (κ1) is 15.2. The van der Waals surface area contributed by atoms with Crippen molar-refractivity contribution >= 4 is 11.6 Å². The maximum Gasteiger partial charge on any atom is 0.241 e. The van der Waals surface area contributed by atoms with Crippen molar-refractivity contribution in [1.29, 1.82) is 5.26 Å². The maximum atomic E-state index is 12.0. The van der Waals surface area contributed by atoms with Gasteiger partial charge in [-0.3, -0.25) is 4.79 Å². The quantitative estimate of drug-likeness (QED) is 0.855. The molecule has 0 aliphatic carbocycles. The van der Waals surface area contributed by atoms with Gasteiger partial charge in [-0.15, -0.1) is 0 Å². The van der Waals surface area contributed by atoms with Crippen molar-refractivity contribution in [3.05, 3.63) is 29.8 Å². The van der Waals surface area contributed by atoms with Gasteiger partial charge in [-0.25, -0.2) is 0 Å². The van der Waals surface area contributed by atoms with Gasteiger partial charge in [0.15, 0.2) is 0 Å². The Balaban J connectivity index is 2.81. The number of nitrogens with zero attached hydrogens (tertiary/aromatic N) is 1. The first-order valence-electron chi connectivity index (χ1n) is 6.37. The largest absolute Gasteiger partial charge is 0.384 e. The van der Waals surface area contributed by atoms with E-state index in [-0.39, 0.29) is 11.8 Å². The van der Waals surface area contributed by atoms with Gasteiger partial charge in [0.25, 0.3) is 0 Å². The molecule has 1 rings (SSSR count). The van der Waals surface area contributed by atoms with Gasteiger partial charge >= 0.3 is 0 Å². The molecule has 4 heteroatoms. The van der Waals surface area contributed by atoms with E-state index >= 15 is 0 Å². The third-order valence-electron chi connectivity index (χ3n) is 2.94. The minimum Gasteiger partial charge on any atom is -0.384 e. The van der Waals surface area contributed by atoms with Crippen molar-refractivity contribution in [2.75, 3.05) is 19.0 Å². The highest BCUT2D eigenvalue weighted by atomic mass is 16.5. The van der Waals surface area contributed by atoms with Crippen LogP contribution in [0.5, 0.6) is 0 Å². The number of carbonyl (C=O) groups excluding carboxylic acids is 1. The fourth-order valence-electron chi connectivity index (χ4n) is 1.79. The third-order valence-corrected chi connectivity index (χ3v) is 2.94. The van der Waals surface area contributed by atoms with Crippen molar-refractivity contribution < 1.29 is 9.53 Å². The predicted octanol–water partition coefficient (Wildman–Crippen LogP) is 2.61. The second kappa shape index (κ2) is 7.55. The molecule has 0 spiro atoms. The smallest absolute Gasteiger partial charge is 0.241 e. The fourth-order valence-corrected chi connectivity index (χ4v) is 1.79. The second-order valence-electron chi connectivity index (χ2n) is 4.74. The number of nitriles is 1. The predicted molar refractivity (Wildman–Crippen MR) is 74.6 cm³/mol. The van der Waals surface area contributed by atoms with Gasteiger partial charge in [-0.2, -0.15) is 5.26 Å². The molecule has 1 aromatic carbocycles. The number of hydrogen-bond acceptors (Lipinski definition) is 3. The molecule has 1 atom stereocenters. The lowest BCUT2D eigenvalue weighted by molar-refractivity contribution is -0.119. The van der Waals surface area contributed by atoms with Gasteiger partial charge < -0.3 is 10.1 Å². The van der Waals surface area contributed by atoms with E-state index in [9.17, 15) is 4.79 Å². The number of anilines is 1. The first-order chi connectivity index (χ1) is 9.10. The molecule has 102 valence electrons. The molecule has 1 unspecified atom stereocenters. The van der Waals surface area contributed by atoms with Crippen LogP contribution in [0.2, 0.25) is 0 Å². The topological polar surface area (TPSA) is 62.1 Å². The van der Waals surface area contributed by atoms with Crippen LogP contribution in [0.4, 0.5) is 5.69 Å². The number of carbonyl (C=O) groups is 1. The van der Waals surface area contributed by atoms with Crippen molar-refractivity contribution in [2.45, 2.75) is 20.3 Å². The highest BCUT2D eigenvalue weighted by Crippen LogP contribution is 2.18. The van der Waals surface area contributed by atoms with E-state index in [0.717, 1.165) is 17.7 Å². The lowest BCUT2D eigenvalue weighted by Gasteiger charge is -2.15. The van der Waals surface area contributed by atoms with Crippen LogP contribution in [0, 0.1) is 23.2 Å². The third kappa shape index (κ3) is 4.38. The van der Waals surface area contributed by atoms with Crippen LogP contribution in [0.3, 0.4) is 0 Å². The summed E-state index contributed by atoms with van der Waals surface area (Å²) in [6.07, 6.45) is 0.728. The number of ether oxygens (including phenoxy) is 1. The minimum atomic E-state index is -0.629. The lowest BCUT2D eigenvalue weighted by Crippen LogP contribution is -2.26. The van der Waals surface area contributed by atoms with Crippen molar-refractivity contribution in [3.8, 4) is 6.07 Å². The van der Waals surface area contributed by atoms with E-state index in [1.165, 1.54) is 0 Å². The summed E-state index contributed by atoms with van der Waals surface area (Å²) in [4.78, 5) is 12.0. The fraction of sp³-hybridized carbons (Fsp3) is 0.467. The Bertz CT molecular complexity index is 463. The Labute approximate surface area is 114 Å². The first-order valence-corrected chi connectivity index (χ1v) is 6.37. The van der Waals surface area contributed by atoms with E-state index in [1.54, 1.807) is 7.11 Å². The Morgan fingerprint density at radius 1 is 1.42 bits per heavy atom. The van der Waals surface area contributed by atoms with Crippen molar-refractivity contribution in [3.63, 3.8) is 0 Å². The highest BCUT2D eigenvalue weighted by molar-refractivity contribution is 5.94. The molecule has 0 saturated heterocycles. The zero-order valence-corrected chi connectivity index (χ0v) is 11.6. The Hall–Kier alpha value is -1.86. The van der Waals surface area contributed by atoms with E-state index in [4.69, 9.17) is 10.00 Å². The van der Waals surface area contributed by atoms with Crippen LogP contribution < -0.4 is 5.32 Å². The SMILES string of the molecule is COCCc1ccccc1NC(=O)C(C#N)C(C)C. The molecule has 0 aliphatic heterocycles. The summed E-state index contributed by atoms with van der Waals surface area (Å²) in [5.74, 6) is -0.881. The minimum absolute atomic E-state index is 0.00358. The Morgan fingerprint density at radius 2 is 2.11 bits per heavy atom. The van der Waals surface area contributed by atoms with E-state index in [2.05, 4.69) is 5.32 Å². The zero-order chi connectivity index (χ0) is 14.3. The number of amides is 1. The molecule has 19 heavy (non-hydrogen) atoms. The van der Waals surface area contributed by atoms with Crippen LogP contribution in [-0.2, 0) is 16.0 Å². The van der Waals surface area contributed by atoms with E-state index in [0.29, 0.717) is 6.61 Å². The molecule has 1 aromatic rings. The van der Waals surface area contributed by atoms with Gasteiger partial charge in [-0.1, -0.05) is 32.0 Å². The molecule has 0 heterocycles. The molecule has 0 bridgehead atoms. The highest BCUT2D eigenvalue weighted by Gasteiger charge is 2.22. The van der Waals surface area contributed by atoms with Gasteiger partial charge in [0.2, 0.25) is 5.91 Å². The van der Waals surface area contributed by atoms with Gasteiger partial charge in [0.05, 0.1) is 12.7 Å². The standard InChI is InChI=1S/C15H20N2O2/c1-11(2)13(10-16)15(18)17-14-7-5-4-6-12(14)8-9-19-3/h4-7,11,13H,8-9H2,1-3H3,(H,17,18). The number of benzene rings is 1.